The van der Waals surface area contributed by atoms with Crippen molar-refractivity contribution in [3.05, 3.63) is 11.6 Å². The molecule has 0 aromatic rings. The first kappa shape index (κ1) is 13.1. The molecule has 0 aliphatic carbocycles. The first-order valence-corrected chi connectivity index (χ1v) is 6.90. The van der Waals surface area contributed by atoms with Gasteiger partial charge in [0, 0.05) is 38.3 Å². The van der Waals surface area contributed by atoms with Crippen molar-refractivity contribution in [1.82, 2.24) is 9.80 Å². The molecule has 2 heterocycles. The number of hydrogen-bond donors (Lipinski definition) is 0. The van der Waals surface area contributed by atoms with Gasteiger partial charge < -0.3 is 4.74 Å². The standard InChI is InChI=1S/C14H26N2O/c1-12(2)16-5-4-14(11-16)10-13(3)15-6-8-17-9-7-15/h4,12-13H,5-11H2,1-3H3. The van der Waals surface area contributed by atoms with Crippen LogP contribution in [0.15, 0.2) is 11.6 Å². The van der Waals surface area contributed by atoms with E-state index in [1.54, 1.807) is 5.57 Å². The van der Waals surface area contributed by atoms with Gasteiger partial charge in [-0.05, 0) is 27.2 Å². The molecule has 98 valence electrons. The summed E-state index contributed by atoms with van der Waals surface area (Å²) in [4.78, 5) is 5.09. The van der Waals surface area contributed by atoms with E-state index in [1.165, 1.54) is 13.0 Å². The molecule has 0 aromatic carbocycles. The number of morpholine rings is 1. The highest BCUT2D eigenvalue weighted by molar-refractivity contribution is 5.13. The molecule has 0 aromatic heterocycles. The minimum atomic E-state index is 0.664. The summed E-state index contributed by atoms with van der Waals surface area (Å²) in [6.45, 7) is 13.2. The molecule has 0 radical (unpaired) electrons. The normalized spacial score (nSPS) is 25.3. The second kappa shape index (κ2) is 5.98. The van der Waals surface area contributed by atoms with Crippen molar-refractivity contribution in [1.29, 1.82) is 0 Å². The zero-order chi connectivity index (χ0) is 12.3. The summed E-state index contributed by atoms with van der Waals surface area (Å²) in [6, 6.07) is 1.33. The lowest BCUT2D eigenvalue weighted by atomic mass is 10.1. The van der Waals surface area contributed by atoms with E-state index in [2.05, 4.69) is 36.6 Å². The van der Waals surface area contributed by atoms with E-state index < -0.39 is 0 Å². The molecule has 1 saturated heterocycles. The van der Waals surface area contributed by atoms with E-state index in [0.717, 1.165) is 32.8 Å². The molecule has 0 amide bonds. The molecule has 3 nitrogen and oxygen atoms in total. The maximum atomic E-state index is 5.40. The van der Waals surface area contributed by atoms with Crippen LogP contribution in [0.5, 0.6) is 0 Å². The Labute approximate surface area is 105 Å². The van der Waals surface area contributed by atoms with Crippen LogP contribution < -0.4 is 0 Å². The minimum Gasteiger partial charge on any atom is -0.379 e. The highest BCUT2D eigenvalue weighted by Gasteiger charge is 2.22. The van der Waals surface area contributed by atoms with E-state index in [4.69, 9.17) is 4.74 Å². The van der Waals surface area contributed by atoms with Gasteiger partial charge in [0.25, 0.3) is 0 Å². The van der Waals surface area contributed by atoms with Crippen molar-refractivity contribution in [2.75, 3.05) is 39.4 Å². The van der Waals surface area contributed by atoms with Crippen molar-refractivity contribution < 1.29 is 4.74 Å². The fourth-order valence-electron chi connectivity index (χ4n) is 2.70. The van der Waals surface area contributed by atoms with Crippen LogP contribution in [0.25, 0.3) is 0 Å². The van der Waals surface area contributed by atoms with Crippen LogP contribution in [0.2, 0.25) is 0 Å². The monoisotopic (exact) mass is 238 g/mol. The molecule has 2 rings (SSSR count). The van der Waals surface area contributed by atoms with E-state index in [-0.39, 0.29) is 0 Å². The van der Waals surface area contributed by atoms with Gasteiger partial charge in [0.2, 0.25) is 0 Å². The van der Waals surface area contributed by atoms with Gasteiger partial charge >= 0.3 is 0 Å². The molecule has 0 spiro atoms. The van der Waals surface area contributed by atoms with Crippen molar-refractivity contribution in [2.45, 2.75) is 39.3 Å². The van der Waals surface area contributed by atoms with Gasteiger partial charge in [0.05, 0.1) is 13.2 Å². The summed E-state index contributed by atoms with van der Waals surface area (Å²) in [7, 11) is 0. The molecule has 0 saturated carbocycles. The van der Waals surface area contributed by atoms with Crippen molar-refractivity contribution in [2.24, 2.45) is 0 Å². The zero-order valence-electron chi connectivity index (χ0n) is 11.5. The van der Waals surface area contributed by atoms with Crippen molar-refractivity contribution >= 4 is 0 Å². The average molecular weight is 238 g/mol. The molecule has 3 heteroatoms. The Morgan fingerprint density at radius 1 is 1.18 bits per heavy atom. The van der Waals surface area contributed by atoms with Gasteiger partial charge in [-0.1, -0.05) is 11.6 Å². The molecule has 2 aliphatic heterocycles. The summed E-state index contributed by atoms with van der Waals surface area (Å²) < 4.78 is 5.40. The van der Waals surface area contributed by atoms with E-state index in [1.807, 2.05) is 0 Å². The van der Waals surface area contributed by atoms with Crippen LogP contribution in [0.1, 0.15) is 27.2 Å². The Hall–Kier alpha value is -0.380. The molecule has 0 N–H and O–H groups in total. The van der Waals surface area contributed by atoms with Gasteiger partial charge in [-0.25, -0.2) is 0 Å². The smallest absolute Gasteiger partial charge is 0.0594 e. The van der Waals surface area contributed by atoms with E-state index in [9.17, 15) is 0 Å². The summed E-state index contributed by atoms with van der Waals surface area (Å²) in [6.07, 6.45) is 3.65. The SMILES string of the molecule is CC(C)N1CC=C(CC(C)N2CCOCC2)C1. The van der Waals surface area contributed by atoms with Gasteiger partial charge in [-0.3, -0.25) is 9.80 Å². The second-order valence-corrected chi connectivity index (χ2v) is 5.59. The Morgan fingerprint density at radius 2 is 1.88 bits per heavy atom. The number of nitrogens with zero attached hydrogens (tertiary/aromatic N) is 2. The van der Waals surface area contributed by atoms with Crippen LogP contribution in [-0.2, 0) is 4.74 Å². The quantitative estimate of drug-likeness (QED) is 0.694. The Balaban J connectivity index is 1.77. The van der Waals surface area contributed by atoms with Crippen LogP contribution in [-0.4, -0.2) is 61.3 Å². The van der Waals surface area contributed by atoms with Crippen LogP contribution >= 0.6 is 0 Å². The molecule has 1 fully saturated rings. The average Bonchev–Trinajstić information content (AvgIpc) is 2.79. The lowest BCUT2D eigenvalue weighted by molar-refractivity contribution is 0.0202. The van der Waals surface area contributed by atoms with Crippen LogP contribution in [0, 0.1) is 0 Å². The lowest BCUT2D eigenvalue weighted by Crippen LogP contribution is -2.42. The fourth-order valence-corrected chi connectivity index (χ4v) is 2.70. The third kappa shape index (κ3) is 3.54. The number of hydrogen-bond acceptors (Lipinski definition) is 3. The first-order chi connectivity index (χ1) is 8.16. The van der Waals surface area contributed by atoms with Gasteiger partial charge in [0.1, 0.15) is 0 Å². The van der Waals surface area contributed by atoms with Gasteiger partial charge in [0.15, 0.2) is 0 Å². The highest BCUT2D eigenvalue weighted by Crippen LogP contribution is 2.19. The van der Waals surface area contributed by atoms with E-state index >= 15 is 0 Å². The number of ether oxygens (including phenoxy) is 1. The topological polar surface area (TPSA) is 15.7 Å². The third-order valence-electron chi connectivity index (χ3n) is 3.98. The lowest BCUT2D eigenvalue weighted by Gasteiger charge is -2.32. The summed E-state index contributed by atoms with van der Waals surface area (Å²) in [5.74, 6) is 0. The summed E-state index contributed by atoms with van der Waals surface area (Å²) in [5.41, 5.74) is 1.62. The maximum absolute atomic E-state index is 5.40. The molecule has 1 unspecified atom stereocenters. The van der Waals surface area contributed by atoms with Crippen molar-refractivity contribution in [3.63, 3.8) is 0 Å². The second-order valence-electron chi connectivity index (χ2n) is 5.59. The Bertz CT molecular complexity index is 269. The van der Waals surface area contributed by atoms with Crippen LogP contribution in [0.4, 0.5) is 0 Å². The molecule has 17 heavy (non-hydrogen) atoms. The number of rotatable bonds is 4. The molecule has 1 atom stereocenters. The minimum absolute atomic E-state index is 0.664. The zero-order valence-corrected chi connectivity index (χ0v) is 11.5. The fraction of sp³-hybridized carbons (Fsp3) is 0.857. The molecular weight excluding hydrogens is 212 g/mol. The van der Waals surface area contributed by atoms with Gasteiger partial charge in [-0.15, -0.1) is 0 Å². The first-order valence-electron chi connectivity index (χ1n) is 6.90. The van der Waals surface area contributed by atoms with Gasteiger partial charge in [-0.2, -0.15) is 0 Å². The summed E-state index contributed by atoms with van der Waals surface area (Å²) in [5, 5.41) is 0. The Kier molecular flexibility index (Phi) is 4.60. The molecule has 0 bridgehead atoms. The van der Waals surface area contributed by atoms with Crippen molar-refractivity contribution in [3.8, 4) is 0 Å². The highest BCUT2D eigenvalue weighted by atomic mass is 16.5. The molecule has 2 aliphatic rings. The van der Waals surface area contributed by atoms with E-state index in [0.29, 0.717) is 12.1 Å². The predicted octanol–water partition coefficient (Wildman–Crippen LogP) is 1.75. The predicted molar refractivity (Wildman–Crippen MR) is 71.3 cm³/mol. The maximum Gasteiger partial charge on any atom is 0.0594 e. The van der Waals surface area contributed by atoms with Crippen LogP contribution in [0.3, 0.4) is 0 Å². The third-order valence-corrected chi connectivity index (χ3v) is 3.98. The Morgan fingerprint density at radius 3 is 2.47 bits per heavy atom. The largest absolute Gasteiger partial charge is 0.379 e. The summed E-state index contributed by atoms with van der Waals surface area (Å²) >= 11 is 0. The molecular formula is C14H26N2O.